The maximum absolute atomic E-state index is 13.5. The molecule has 56 heavy (non-hydrogen) atoms. The second kappa shape index (κ2) is 22.2. The monoisotopic (exact) mass is 788 g/mol. The number of hydrogen-bond acceptors (Lipinski definition) is 16. The molecule has 1 heterocycles. The van der Waals surface area contributed by atoms with Crippen molar-refractivity contribution in [3.05, 3.63) is 60.2 Å². The van der Waals surface area contributed by atoms with Crippen molar-refractivity contribution in [2.75, 3.05) is 46.7 Å². The molecule has 18 nitrogen and oxygen atoms in total. The van der Waals surface area contributed by atoms with Crippen LogP contribution in [0.4, 0.5) is 0 Å². The zero-order valence-electron chi connectivity index (χ0n) is 31.8. The Bertz CT molecular complexity index is 1650. The minimum Gasteiger partial charge on any atom is -0.465 e. The third-order valence-corrected chi connectivity index (χ3v) is 8.13. The van der Waals surface area contributed by atoms with Gasteiger partial charge in [-0.05, 0) is 16.7 Å². The predicted octanol–water partition coefficient (Wildman–Crippen LogP) is 0.539. The molecule has 18 heteroatoms. The largest absolute Gasteiger partial charge is 0.465 e. The van der Waals surface area contributed by atoms with Gasteiger partial charge in [0.05, 0.1) is 59.0 Å². The fourth-order valence-electron chi connectivity index (χ4n) is 5.88. The van der Waals surface area contributed by atoms with Crippen molar-refractivity contribution in [3.8, 4) is 11.1 Å². The quantitative estimate of drug-likeness (QED) is 0.0943. The number of carbonyl (C=O) groups is 7. The molecule has 2 aromatic carbocycles. The highest BCUT2D eigenvalue weighted by Crippen LogP contribution is 2.37. The molecule has 2 amide bonds. The average Bonchev–Trinajstić information content (AvgIpc) is 3.15. The molecule has 1 fully saturated rings. The number of methoxy groups -OCH3 is 1. The van der Waals surface area contributed by atoms with Gasteiger partial charge < -0.3 is 53.6 Å². The third kappa shape index (κ3) is 14.0. The van der Waals surface area contributed by atoms with Crippen LogP contribution in [-0.2, 0) is 77.9 Å². The Morgan fingerprint density at radius 1 is 0.821 bits per heavy atom. The van der Waals surface area contributed by atoms with Crippen molar-refractivity contribution in [1.29, 1.82) is 0 Å². The summed E-state index contributed by atoms with van der Waals surface area (Å²) in [6.07, 6.45) is -7.26. The van der Waals surface area contributed by atoms with Crippen LogP contribution in [0.15, 0.2) is 54.6 Å². The highest BCUT2D eigenvalue weighted by Gasteiger charge is 2.59. The summed E-state index contributed by atoms with van der Waals surface area (Å²) < 4.78 is 44.0. The second-order valence-corrected chi connectivity index (χ2v) is 12.5. The summed E-state index contributed by atoms with van der Waals surface area (Å²) in [5.74, 6) is -8.47. The topological polar surface area (TPSA) is 238 Å². The van der Waals surface area contributed by atoms with E-state index >= 15 is 0 Å². The van der Waals surface area contributed by atoms with Gasteiger partial charge >= 0.3 is 29.8 Å². The zero-order chi connectivity index (χ0) is 41.3. The summed E-state index contributed by atoms with van der Waals surface area (Å²) in [5.41, 5.74) is 2.58. The van der Waals surface area contributed by atoms with Crippen LogP contribution in [0.25, 0.3) is 11.1 Å². The Labute approximate surface area is 323 Å². The molecule has 0 aliphatic carbocycles. The van der Waals surface area contributed by atoms with E-state index in [0.29, 0.717) is 5.56 Å². The van der Waals surface area contributed by atoms with E-state index in [2.05, 4.69) is 10.6 Å². The Hall–Kier alpha value is -5.43. The van der Waals surface area contributed by atoms with Crippen LogP contribution in [0.5, 0.6) is 0 Å². The first kappa shape index (κ1) is 45.0. The molecule has 1 unspecified atom stereocenters. The molecule has 1 saturated heterocycles. The summed E-state index contributed by atoms with van der Waals surface area (Å²) in [4.78, 5) is 89.0. The van der Waals surface area contributed by atoms with Crippen molar-refractivity contribution >= 4 is 41.7 Å². The van der Waals surface area contributed by atoms with Gasteiger partial charge in [-0.15, -0.1) is 0 Å². The minimum atomic E-state index is -2.42. The first-order valence-corrected chi connectivity index (χ1v) is 17.6. The molecule has 6 atom stereocenters. The molecule has 3 N–H and O–H groups in total. The molecule has 1 aliphatic heterocycles. The van der Waals surface area contributed by atoms with E-state index in [4.69, 9.17) is 43.0 Å². The van der Waals surface area contributed by atoms with Gasteiger partial charge in [-0.3, -0.25) is 28.8 Å². The van der Waals surface area contributed by atoms with Crippen LogP contribution in [0.3, 0.4) is 0 Å². The molecule has 0 bridgehead atoms. The highest BCUT2D eigenvalue weighted by molar-refractivity contribution is 5.81. The third-order valence-electron chi connectivity index (χ3n) is 8.13. The Kier molecular flexibility index (Phi) is 17.8. The van der Waals surface area contributed by atoms with Crippen molar-refractivity contribution in [2.45, 2.75) is 76.8 Å². The molecule has 1 aliphatic rings. The van der Waals surface area contributed by atoms with Gasteiger partial charge in [0.1, 0.15) is 12.2 Å². The van der Waals surface area contributed by atoms with Crippen LogP contribution in [-0.4, -0.2) is 130 Å². The molecule has 0 saturated carbocycles. The van der Waals surface area contributed by atoms with Gasteiger partial charge in [-0.1, -0.05) is 54.6 Å². The second-order valence-electron chi connectivity index (χ2n) is 12.5. The molecular weight excluding hydrogens is 740 g/mol. The van der Waals surface area contributed by atoms with E-state index < -0.39 is 97.5 Å². The van der Waals surface area contributed by atoms with Crippen LogP contribution in [0.2, 0.25) is 0 Å². The number of aliphatic hydroxyl groups is 1. The summed E-state index contributed by atoms with van der Waals surface area (Å²) in [5, 5.41) is 14.3. The van der Waals surface area contributed by atoms with Crippen molar-refractivity contribution < 1.29 is 76.6 Å². The fraction of sp³-hybridized carbons (Fsp3) is 0.500. The first-order chi connectivity index (χ1) is 26.7. The maximum Gasteiger partial charge on any atom is 0.366 e. The van der Waals surface area contributed by atoms with E-state index in [1.54, 1.807) is 12.1 Å². The molecule has 0 radical (unpaired) electrons. The normalized spacial score (nSPS) is 20.0. The number of esters is 5. The van der Waals surface area contributed by atoms with E-state index in [1.807, 2.05) is 42.5 Å². The van der Waals surface area contributed by atoms with Gasteiger partial charge in [-0.25, -0.2) is 4.79 Å². The Morgan fingerprint density at radius 3 is 2.07 bits per heavy atom. The smallest absolute Gasteiger partial charge is 0.366 e. The summed E-state index contributed by atoms with van der Waals surface area (Å²) in [6, 6.07) is 15.4. The van der Waals surface area contributed by atoms with E-state index in [0.717, 1.165) is 45.9 Å². The number of hydrogen-bond donors (Lipinski definition) is 3. The van der Waals surface area contributed by atoms with Gasteiger partial charge in [0.15, 0.2) is 18.8 Å². The fourth-order valence-corrected chi connectivity index (χ4v) is 5.88. The summed E-state index contributed by atoms with van der Waals surface area (Å²) in [6.45, 7) is 2.08. The molecule has 3 rings (SSSR count). The van der Waals surface area contributed by atoms with E-state index in [9.17, 15) is 33.6 Å². The number of ether oxygens (including phenoxy) is 8. The molecule has 0 aromatic heterocycles. The average molecular weight is 789 g/mol. The lowest BCUT2D eigenvalue weighted by Gasteiger charge is -2.48. The maximum atomic E-state index is 13.5. The van der Waals surface area contributed by atoms with Gasteiger partial charge in [0.25, 0.3) is 11.7 Å². The van der Waals surface area contributed by atoms with Crippen LogP contribution < -0.4 is 10.6 Å². The lowest BCUT2D eigenvalue weighted by atomic mass is 9.87. The minimum absolute atomic E-state index is 0.0616. The van der Waals surface area contributed by atoms with Crippen LogP contribution in [0.1, 0.15) is 39.7 Å². The zero-order valence-corrected chi connectivity index (χ0v) is 31.8. The predicted molar refractivity (Wildman–Crippen MR) is 192 cm³/mol. The standard InChI is InChI=1S/C38H48N2O16/c1-23(42)51-22-33(47)40-34-30(53-24(2)43)20-38(37(48)49-5,52-18-17-50-16-15-41)56-36(34)35(55-26(4)45)31(54-25(3)44)21-39-32(46)19-27-11-13-29(14-12-27)28-9-7-6-8-10-28/h6-14,30-31,34-36,41H,15-22H2,1-5H3,(H,39,46)(H,40,47)/t30-,31+,34+,35+,36+,38?/m0/s1. The Balaban J connectivity index is 2.02. The van der Waals surface area contributed by atoms with Crippen LogP contribution in [0, 0.1) is 0 Å². The van der Waals surface area contributed by atoms with Gasteiger partial charge in [0, 0.05) is 27.7 Å². The molecular formula is C38H48N2O16. The number of rotatable bonds is 20. The van der Waals surface area contributed by atoms with Crippen molar-refractivity contribution in [1.82, 2.24) is 10.6 Å². The number of carbonyl (C=O) groups excluding carboxylic acids is 7. The van der Waals surface area contributed by atoms with Crippen LogP contribution >= 0.6 is 0 Å². The van der Waals surface area contributed by atoms with E-state index in [1.165, 1.54) is 0 Å². The van der Waals surface area contributed by atoms with Gasteiger partial charge in [-0.2, -0.15) is 0 Å². The molecule has 0 spiro atoms. The molecule has 2 aromatic rings. The summed E-state index contributed by atoms with van der Waals surface area (Å²) >= 11 is 0. The lowest BCUT2D eigenvalue weighted by Crippen LogP contribution is -2.70. The Morgan fingerprint density at radius 2 is 1.48 bits per heavy atom. The highest BCUT2D eigenvalue weighted by atomic mass is 16.7. The SMILES string of the molecule is COC(=O)C1(OCCOCCO)C[C@H](OC(C)=O)[C@@H](NC(=O)COC(C)=O)[C@H]([C@H](OC(C)=O)[C@@H](CNC(=O)Cc2ccc(-c3ccccc3)cc2)OC(C)=O)O1. The number of amides is 2. The summed E-state index contributed by atoms with van der Waals surface area (Å²) in [7, 11) is 1.03. The number of aliphatic hydroxyl groups excluding tert-OH is 1. The van der Waals surface area contributed by atoms with Crippen molar-refractivity contribution in [3.63, 3.8) is 0 Å². The van der Waals surface area contributed by atoms with Gasteiger partial charge in [0.2, 0.25) is 5.91 Å². The van der Waals surface area contributed by atoms with Crippen molar-refractivity contribution in [2.24, 2.45) is 0 Å². The number of nitrogens with one attached hydrogen (secondary N) is 2. The number of benzene rings is 2. The van der Waals surface area contributed by atoms with E-state index in [-0.39, 0.29) is 32.8 Å². The first-order valence-electron chi connectivity index (χ1n) is 17.6. The lowest BCUT2D eigenvalue weighted by molar-refractivity contribution is -0.315. The molecule has 306 valence electrons.